The van der Waals surface area contributed by atoms with Crippen LogP contribution in [0.4, 0.5) is 5.69 Å². The number of nitrogens with two attached hydrogens (primary N) is 1. The minimum atomic E-state index is -0.797. The molecule has 1 atom stereocenters. The maximum Gasteiger partial charge on any atom is 0.274 e. The largest absolute Gasteiger partial charge is 0.369 e. The quantitative estimate of drug-likeness (QED) is 0.685. The van der Waals surface area contributed by atoms with Crippen LogP contribution in [0.2, 0.25) is 0 Å². The Morgan fingerprint density at radius 2 is 1.87 bits per heavy atom. The van der Waals surface area contributed by atoms with Gasteiger partial charge in [-0.3, -0.25) is 19.5 Å². The molecule has 0 saturated heterocycles. The monoisotopic (exact) mass is 413 g/mol. The van der Waals surface area contributed by atoms with Gasteiger partial charge in [0.15, 0.2) is 5.96 Å². The first-order valence-electron chi connectivity index (χ1n) is 9.91. The highest BCUT2D eigenvalue weighted by atomic mass is 16.2. The van der Waals surface area contributed by atoms with Gasteiger partial charge in [0.2, 0.25) is 5.91 Å². The average Bonchev–Trinajstić information content (AvgIpc) is 2.78. The van der Waals surface area contributed by atoms with Gasteiger partial charge >= 0.3 is 0 Å². The van der Waals surface area contributed by atoms with Crippen molar-refractivity contribution in [3.05, 3.63) is 84.2 Å². The van der Waals surface area contributed by atoms with E-state index >= 15 is 0 Å². The van der Waals surface area contributed by atoms with Crippen LogP contribution in [0.3, 0.4) is 0 Å². The van der Waals surface area contributed by atoms with Crippen molar-refractivity contribution in [3.8, 4) is 11.1 Å². The van der Waals surface area contributed by atoms with E-state index in [9.17, 15) is 9.59 Å². The van der Waals surface area contributed by atoms with Gasteiger partial charge in [0.05, 0.1) is 12.0 Å². The van der Waals surface area contributed by atoms with Crippen LogP contribution in [0.15, 0.2) is 77.9 Å². The number of rotatable bonds is 4. The van der Waals surface area contributed by atoms with E-state index in [2.05, 4.69) is 15.3 Å². The van der Waals surface area contributed by atoms with Gasteiger partial charge < -0.3 is 11.1 Å². The number of benzene rings is 2. The Hall–Kier alpha value is -4.00. The maximum atomic E-state index is 13.0. The summed E-state index contributed by atoms with van der Waals surface area (Å²) in [4.78, 5) is 35.5. The van der Waals surface area contributed by atoms with Crippen LogP contribution in [-0.2, 0) is 10.3 Å². The molecule has 156 valence electrons. The molecule has 3 N–H and O–H groups in total. The fraction of sp³-hybridized carbons (Fsp3) is 0.167. The lowest BCUT2D eigenvalue weighted by atomic mass is 9.87. The van der Waals surface area contributed by atoms with Gasteiger partial charge in [0.1, 0.15) is 5.69 Å². The van der Waals surface area contributed by atoms with Crippen molar-refractivity contribution >= 4 is 23.5 Å². The summed E-state index contributed by atoms with van der Waals surface area (Å²) >= 11 is 0. The van der Waals surface area contributed by atoms with Gasteiger partial charge in [0, 0.05) is 24.5 Å². The number of hydrogen-bond donors (Lipinski definition) is 2. The number of pyridine rings is 1. The minimum absolute atomic E-state index is 0.106. The summed E-state index contributed by atoms with van der Waals surface area (Å²) in [6, 6.07) is 20.6. The molecule has 4 rings (SSSR count). The summed E-state index contributed by atoms with van der Waals surface area (Å²) in [5, 5.41) is 2.92. The zero-order valence-electron chi connectivity index (χ0n) is 17.4. The van der Waals surface area contributed by atoms with Crippen molar-refractivity contribution in [1.29, 1.82) is 0 Å². The highest BCUT2D eigenvalue weighted by Crippen LogP contribution is 2.34. The normalized spacial score (nSPS) is 18.5. The summed E-state index contributed by atoms with van der Waals surface area (Å²) in [7, 11) is 1.61. The van der Waals surface area contributed by atoms with E-state index in [4.69, 9.17) is 5.73 Å². The van der Waals surface area contributed by atoms with E-state index in [1.807, 2.05) is 61.5 Å². The fourth-order valence-electron chi connectivity index (χ4n) is 3.63. The second kappa shape index (κ2) is 8.02. The zero-order valence-corrected chi connectivity index (χ0v) is 17.4. The molecule has 0 fully saturated rings. The Morgan fingerprint density at radius 3 is 2.61 bits per heavy atom. The minimum Gasteiger partial charge on any atom is -0.369 e. The molecule has 3 aromatic rings. The third kappa shape index (κ3) is 4.02. The summed E-state index contributed by atoms with van der Waals surface area (Å²) in [5.41, 5.74) is 8.51. The predicted molar refractivity (Wildman–Crippen MR) is 120 cm³/mol. The number of nitrogens with one attached hydrogen (secondary N) is 1. The number of guanidine groups is 1. The van der Waals surface area contributed by atoms with Crippen molar-refractivity contribution in [3.63, 3.8) is 0 Å². The molecular formula is C24H23N5O2. The second-order valence-corrected chi connectivity index (χ2v) is 7.67. The molecular weight excluding hydrogens is 390 g/mol. The van der Waals surface area contributed by atoms with Gasteiger partial charge in [-0.2, -0.15) is 0 Å². The highest BCUT2D eigenvalue weighted by molar-refractivity contribution is 6.07. The molecule has 2 amide bonds. The summed E-state index contributed by atoms with van der Waals surface area (Å²) < 4.78 is 0. The first-order valence-corrected chi connectivity index (χ1v) is 9.91. The van der Waals surface area contributed by atoms with Crippen molar-refractivity contribution in [1.82, 2.24) is 9.88 Å². The smallest absolute Gasteiger partial charge is 0.274 e. The number of anilines is 1. The lowest BCUT2D eigenvalue weighted by Gasteiger charge is -2.33. The molecule has 7 nitrogen and oxygen atoms in total. The van der Waals surface area contributed by atoms with Crippen LogP contribution in [0.1, 0.15) is 29.4 Å². The zero-order chi connectivity index (χ0) is 22.0. The van der Waals surface area contributed by atoms with E-state index in [1.165, 1.54) is 4.90 Å². The number of carbonyl (C=O) groups is 2. The Kier molecular flexibility index (Phi) is 5.25. The standard InChI is InChI=1S/C24H23N5O2/c1-24(15-20(30)29(2)23(25)28-24)17-10-6-11-18(14-17)27-22(31)21-19(12-7-13-26-21)16-8-4-3-5-9-16/h3-14H,15H2,1-2H3,(H2,25,28)(H,27,31). The van der Waals surface area contributed by atoms with Crippen molar-refractivity contribution in [2.24, 2.45) is 10.7 Å². The Bertz CT molecular complexity index is 1180. The molecule has 0 radical (unpaired) electrons. The SMILES string of the molecule is CN1C(=O)CC(C)(c2cccc(NC(=O)c3ncccc3-c3ccccc3)c2)N=C1N. The molecule has 0 saturated carbocycles. The van der Waals surface area contributed by atoms with Crippen molar-refractivity contribution in [2.45, 2.75) is 18.9 Å². The van der Waals surface area contributed by atoms with Crippen LogP contribution in [0, 0.1) is 0 Å². The molecule has 7 heteroatoms. The first-order chi connectivity index (χ1) is 14.9. The van der Waals surface area contributed by atoms with Gasteiger partial charge in [0.25, 0.3) is 5.91 Å². The first kappa shape index (κ1) is 20.3. The fourth-order valence-corrected chi connectivity index (χ4v) is 3.63. The molecule has 2 heterocycles. The van der Waals surface area contributed by atoms with E-state index in [0.717, 1.165) is 16.7 Å². The molecule has 2 aromatic carbocycles. The second-order valence-electron chi connectivity index (χ2n) is 7.67. The highest BCUT2D eigenvalue weighted by Gasteiger charge is 2.36. The van der Waals surface area contributed by atoms with E-state index in [0.29, 0.717) is 11.4 Å². The van der Waals surface area contributed by atoms with Crippen LogP contribution < -0.4 is 11.1 Å². The van der Waals surface area contributed by atoms with Gasteiger partial charge in [-0.25, -0.2) is 4.99 Å². The number of hydrogen-bond acceptors (Lipinski definition) is 5. The Balaban J connectivity index is 1.63. The molecule has 1 aliphatic rings. The molecule has 0 spiro atoms. The van der Waals surface area contributed by atoms with E-state index < -0.39 is 5.54 Å². The number of amides is 2. The molecule has 31 heavy (non-hydrogen) atoms. The number of nitrogens with zero attached hydrogens (tertiary/aromatic N) is 3. The number of carbonyl (C=O) groups excluding carboxylic acids is 2. The predicted octanol–water partition coefficient (Wildman–Crippen LogP) is 3.39. The third-order valence-electron chi connectivity index (χ3n) is 5.42. The lowest BCUT2D eigenvalue weighted by molar-refractivity contribution is -0.128. The molecule has 1 aromatic heterocycles. The third-order valence-corrected chi connectivity index (χ3v) is 5.42. The molecule has 1 unspecified atom stereocenters. The van der Waals surface area contributed by atoms with E-state index in [1.54, 1.807) is 25.4 Å². The number of aliphatic imine (C=N–C) groups is 1. The maximum absolute atomic E-state index is 13.0. The average molecular weight is 413 g/mol. The van der Waals surface area contributed by atoms with E-state index in [-0.39, 0.29) is 24.2 Å². The van der Waals surface area contributed by atoms with Crippen LogP contribution in [0.25, 0.3) is 11.1 Å². The summed E-state index contributed by atoms with van der Waals surface area (Å²) in [5.74, 6) is -0.246. The Labute approximate surface area is 180 Å². The lowest BCUT2D eigenvalue weighted by Crippen LogP contribution is -2.47. The van der Waals surface area contributed by atoms with Crippen LogP contribution in [-0.4, -0.2) is 34.7 Å². The topological polar surface area (TPSA) is 101 Å². The van der Waals surface area contributed by atoms with Gasteiger partial charge in [-0.05, 0) is 36.2 Å². The summed E-state index contributed by atoms with van der Waals surface area (Å²) in [6.07, 6.45) is 1.79. The molecule has 0 aliphatic carbocycles. The number of aromatic nitrogens is 1. The Morgan fingerprint density at radius 1 is 1.10 bits per heavy atom. The van der Waals surface area contributed by atoms with Crippen LogP contribution >= 0.6 is 0 Å². The van der Waals surface area contributed by atoms with Gasteiger partial charge in [-0.15, -0.1) is 0 Å². The van der Waals surface area contributed by atoms with Crippen LogP contribution in [0.5, 0.6) is 0 Å². The van der Waals surface area contributed by atoms with Crippen molar-refractivity contribution < 1.29 is 9.59 Å². The summed E-state index contributed by atoms with van der Waals surface area (Å²) in [6.45, 7) is 1.86. The van der Waals surface area contributed by atoms with Crippen molar-refractivity contribution in [2.75, 3.05) is 12.4 Å². The molecule has 0 bridgehead atoms. The van der Waals surface area contributed by atoms with Gasteiger partial charge in [-0.1, -0.05) is 48.5 Å². The molecule has 1 aliphatic heterocycles.